The smallest absolute Gasteiger partial charge is 0.246 e. The molecule has 6 atom stereocenters. The first-order valence-corrected chi connectivity index (χ1v) is 16.8. The number of fused-ring (bicyclic) bond motifs is 4. The average Bonchev–Trinajstić information content (AvgIpc) is 3.46. The molecule has 0 unspecified atom stereocenters. The third-order valence-corrected chi connectivity index (χ3v) is 11.6. The fraction of sp³-hybridized carbons (Fsp3) is 0.368. The molecular weight excluding hydrogens is 600 g/mol. The second-order valence-corrected chi connectivity index (χ2v) is 13.9. The minimum absolute atomic E-state index is 0.0179. The van der Waals surface area contributed by atoms with Gasteiger partial charge in [-0.15, -0.1) is 0 Å². The summed E-state index contributed by atoms with van der Waals surface area (Å²) >= 11 is 6.37. The summed E-state index contributed by atoms with van der Waals surface area (Å²) in [5.41, 5.74) is 1.04. The van der Waals surface area contributed by atoms with Gasteiger partial charge in [0.25, 0.3) is 0 Å². The summed E-state index contributed by atoms with van der Waals surface area (Å²) < 4.78 is 0. The Labute approximate surface area is 272 Å². The summed E-state index contributed by atoms with van der Waals surface area (Å²) in [6, 6.07) is 23.0. The number of anilines is 1. The van der Waals surface area contributed by atoms with Crippen molar-refractivity contribution < 1.29 is 24.3 Å². The first kappa shape index (κ1) is 29.2. The normalized spacial score (nSPS) is 31.1. The van der Waals surface area contributed by atoms with E-state index >= 15 is 4.79 Å². The number of benzene rings is 3. The Morgan fingerprint density at radius 1 is 0.783 bits per heavy atom. The minimum atomic E-state index is -1.40. The van der Waals surface area contributed by atoms with Crippen LogP contribution in [-0.2, 0) is 24.6 Å². The molecule has 1 N–H and O–H groups in total. The van der Waals surface area contributed by atoms with Gasteiger partial charge in [0.2, 0.25) is 23.6 Å². The van der Waals surface area contributed by atoms with E-state index in [-0.39, 0.29) is 41.8 Å². The Hall–Kier alpha value is -4.23. The molecule has 0 bridgehead atoms. The van der Waals surface area contributed by atoms with Crippen molar-refractivity contribution in [3.8, 4) is 5.75 Å². The van der Waals surface area contributed by atoms with Crippen LogP contribution in [0.1, 0.15) is 62.0 Å². The second-order valence-electron chi connectivity index (χ2n) is 13.5. The number of hydrogen-bond donors (Lipinski definition) is 1. The van der Waals surface area contributed by atoms with Crippen molar-refractivity contribution in [2.75, 3.05) is 4.90 Å². The van der Waals surface area contributed by atoms with Crippen molar-refractivity contribution in [1.82, 2.24) is 4.90 Å². The predicted octanol–water partition coefficient (Wildman–Crippen LogP) is 6.54. The van der Waals surface area contributed by atoms with Crippen LogP contribution >= 0.6 is 11.6 Å². The van der Waals surface area contributed by atoms with E-state index in [9.17, 15) is 19.5 Å². The van der Waals surface area contributed by atoms with Crippen molar-refractivity contribution in [2.45, 2.75) is 62.3 Å². The molecule has 0 radical (unpaired) electrons. The number of carbonyl (C=O) groups is 4. The Morgan fingerprint density at radius 2 is 1.52 bits per heavy atom. The molecule has 8 heteroatoms. The molecule has 2 saturated heterocycles. The van der Waals surface area contributed by atoms with E-state index in [0.29, 0.717) is 28.3 Å². The van der Waals surface area contributed by atoms with Crippen molar-refractivity contribution in [1.29, 1.82) is 0 Å². The number of imide groups is 2. The summed E-state index contributed by atoms with van der Waals surface area (Å²) in [6.45, 7) is 0. The third-order valence-electron chi connectivity index (χ3n) is 11.4. The Bertz CT molecular complexity index is 1800. The molecule has 2 heterocycles. The van der Waals surface area contributed by atoms with Gasteiger partial charge in [0.05, 0.1) is 28.9 Å². The summed E-state index contributed by atoms with van der Waals surface area (Å²) in [5.74, 6) is -4.12. The molecule has 46 heavy (non-hydrogen) atoms. The molecule has 2 saturated carbocycles. The van der Waals surface area contributed by atoms with Gasteiger partial charge in [0.1, 0.15) is 5.75 Å². The first-order chi connectivity index (χ1) is 22.3. The van der Waals surface area contributed by atoms with E-state index in [2.05, 4.69) is 0 Å². The lowest BCUT2D eigenvalue weighted by Gasteiger charge is -2.50. The molecule has 8 rings (SSSR count). The van der Waals surface area contributed by atoms with E-state index in [1.54, 1.807) is 41.3 Å². The number of allylic oxidation sites excluding steroid dienone is 2. The number of nitrogens with zero attached hydrogens (tertiary/aromatic N) is 2. The Kier molecular flexibility index (Phi) is 6.94. The van der Waals surface area contributed by atoms with Crippen LogP contribution < -0.4 is 4.90 Å². The molecule has 234 valence electrons. The number of aromatic hydroxyl groups is 1. The van der Waals surface area contributed by atoms with Crippen LogP contribution in [0.5, 0.6) is 5.75 Å². The molecule has 3 aliphatic carbocycles. The van der Waals surface area contributed by atoms with Gasteiger partial charge >= 0.3 is 0 Å². The van der Waals surface area contributed by atoms with E-state index < -0.39 is 35.0 Å². The van der Waals surface area contributed by atoms with Crippen LogP contribution in [0.15, 0.2) is 90.5 Å². The zero-order valence-corrected chi connectivity index (χ0v) is 26.1. The molecule has 0 aromatic heterocycles. The Balaban J connectivity index is 1.34. The fourth-order valence-corrected chi connectivity index (χ4v) is 9.73. The molecule has 4 fully saturated rings. The van der Waals surface area contributed by atoms with Gasteiger partial charge in [-0.1, -0.05) is 97.1 Å². The zero-order valence-electron chi connectivity index (χ0n) is 25.3. The number of amides is 4. The lowest BCUT2D eigenvalue weighted by molar-refractivity contribution is -0.143. The summed E-state index contributed by atoms with van der Waals surface area (Å²) in [4.78, 5) is 61.0. The van der Waals surface area contributed by atoms with Gasteiger partial charge in [-0.25, -0.2) is 4.90 Å². The van der Waals surface area contributed by atoms with Gasteiger partial charge in [0, 0.05) is 22.5 Å². The minimum Gasteiger partial charge on any atom is -0.508 e. The molecule has 3 aromatic rings. The molecule has 7 nitrogen and oxygen atoms in total. The van der Waals surface area contributed by atoms with Crippen molar-refractivity contribution in [3.63, 3.8) is 0 Å². The van der Waals surface area contributed by atoms with Crippen molar-refractivity contribution in [2.24, 2.45) is 23.7 Å². The quantitative estimate of drug-likeness (QED) is 0.260. The molecular formula is C38H35ClN2O5. The van der Waals surface area contributed by atoms with E-state index in [0.717, 1.165) is 37.7 Å². The topological polar surface area (TPSA) is 95.0 Å². The van der Waals surface area contributed by atoms with Crippen molar-refractivity contribution in [3.05, 3.63) is 107 Å². The fourth-order valence-electron chi connectivity index (χ4n) is 9.54. The highest BCUT2D eigenvalue weighted by molar-refractivity contribution is 6.32. The lowest BCUT2D eigenvalue weighted by Crippen LogP contribution is -2.53. The Morgan fingerprint density at radius 3 is 2.26 bits per heavy atom. The first-order valence-electron chi connectivity index (χ1n) is 16.4. The maximum atomic E-state index is 15.2. The van der Waals surface area contributed by atoms with E-state index in [1.807, 2.05) is 48.5 Å². The summed E-state index contributed by atoms with van der Waals surface area (Å²) in [6.07, 6.45) is 7.41. The number of carbonyl (C=O) groups excluding carboxylic acids is 4. The molecule has 0 spiro atoms. The predicted molar refractivity (Wildman–Crippen MR) is 173 cm³/mol. The van der Waals surface area contributed by atoms with Crippen LogP contribution in [-0.4, -0.2) is 39.7 Å². The monoisotopic (exact) mass is 634 g/mol. The van der Waals surface area contributed by atoms with Crippen molar-refractivity contribution >= 4 is 40.9 Å². The van der Waals surface area contributed by atoms with Crippen LogP contribution in [0.4, 0.5) is 5.69 Å². The van der Waals surface area contributed by atoms with Gasteiger partial charge in [0.15, 0.2) is 0 Å². The van der Waals surface area contributed by atoms with Crippen LogP contribution in [0.3, 0.4) is 0 Å². The van der Waals surface area contributed by atoms with Gasteiger partial charge in [-0.2, -0.15) is 0 Å². The van der Waals surface area contributed by atoms with Crippen LogP contribution in [0.2, 0.25) is 5.02 Å². The molecule has 5 aliphatic rings. The van der Waals surface area contributed by atoms with Crippen LogP contribution in [0.25, 0.3) is 0 Å². The van der Waals surface area contributed by atoms with Gasteiger partial charge < -0.3 is 5.11 Å². The number of phenolic OH excluding ortho intramolecular Hbond substituents is 1. The number of rotatable bonds is 4. The highest BCUT2D eigenvalue weighted by Gasteiger charge is 2.70. The number of halogens is 1. The number of para-hydroxylation sites is 1. The lowest BCUT2D eigenvalue weighted by atomic mass is 9.49. The molecule has 2 aliphatic heterocycles. The number of likely N-dealkylation sites (tertiary alicyclic amines) is 1. The highest BCUT2D eigenvalue weighted by atomic mass is 35.5. The standard InChI is InChI=1S/C38H35ClN2O5/c39-23-12-9-15-25(20-23)41-35(44)30-21-29-26(18-19-28-32(29)36(45)40(34(28)43)24-13-5-2-6-14-24)33(27-16-7-8-17-31(27)42)38(30,37(41)46)22-10-3-1-4-11-22/h1,3-4,7-12,15-18,20,24,28-30,32-33,42H,2,5-6,13-14,19,21H2/t28-,29+,30-,32-,33+,38+/m0/s1. The SMILES string of the molecule is O=C1[C@@H]2C[C@@H]3C(=CC[C@@H]4C(=O)N(C5CCCCC5)C(=O)[C@@H]43)[C@H](c3ccccc3O)[C@]2(c2ccccc2)C(=O)N1c1cccc(Cl)c1. The second kappa shape index (κ2) is 10.9. The maximum Gasteiger partial charge on any atom is 0.246 e. The molecule has 3 aromatic carbocycles. The largest absolute Gasteiger partial charge is 0.508 e. The number of hydrogen-bond acceptors (Lipinski definition) is 5. The zero-order chi connectivity index (χ0) is 31.7. The average molecular weight is 635 g/mol. The molecule has 4 amide bonds. The van der Waals surface area contributed by atoms with E-state index in [4.69, 9.17) is 11.6 Å². The van der Waals surface area contributed by atoms with Crippen LogP contribution in [0, 0.1) is 23.7 Å². The number of phenols is 1. The van der Waals surface area contributed by atoms with Gasteiger partial charge in [-0.3, -0.25) is 24.1 Å². The highest BCUT2D eigenvalue weighted by Crippen LogP contribution is 2.65. The third kappa shape index (κ3) is 4.03. The summed E-state index contributed by atoms with van der Waals surface area (Å²) in [5, 5.41) is 11.8. The van der Waals surface area contributed by atoms with E-state index in [1.165, 1.54) is 4.90 Å². The summed E-state index contributed by atoms with van der Waals surface area (Å²) in [7, 11) is 0. The van der Waals surface area contributed by atoms with Gasteiger partial charge in [-0.05, 0) is 61.4 Å². The maximum absolute atomic E-state index is 15.2.